The molecular formula is C33H40F3N7O3. The first-order valence-corrected chi connectivity index (χ1v) is 15.1. The maximum Gasteiger partial charge on any atom is 0.401 e. The van der Waals surface area contributed by atoms with Crippen molar-refractivity contribution in [3.8, 4) is 16.9 Å². The number of carbonyl (C=O) groups excluding carboxylic acids is 1. The van der Waals surface area contributed by atoms with Gasteiger partial charge in [-0.3, -0.25) is 19.4 Å². The van der Waals surface area contributed by atoms with Gasteiger partial charge in [-0.15, -0.1) is 0 Å². The van der Waals surface area contributed by atoms with E-state index in [9.17, 15) is 22.8 Å². The average Bonchev–Trinajstić information content (AvgIpc) is 3.42. The van der Waals surface area contributed by atoms with Crippen molar-refractivity contribution >= 4 is 17.2 Å². The number of piperazine rings is 1. The van der Waals surface area contributed by atoms with Crippen LogP contribution in [0.25, 0.3) is 16.6 Å². The van der Waals surface area contributed by atoms with Gasteiger partial charge in [-0.05, 0) is 62.2 Å². The molecule has 1 aliphatic rings. The highest BCUT2D eigenvalue weighted by Gasteiger charge is 2.34. The molecule has 0 aromatic carbocycles. The molecule has 10 nitrogen and oxygen atoms in total. The highest BCUT2D eigenvalue weighted by atomic mass is 19.4. The monoisotopic (exact) mass is 639 g/mol. The standard InChI is InChI=1S/C33H40F3N7O3/c1-20-15-28(46-6)26(32(45)39-20)18-38-31(44)25-17-27-24(23-7-9-37-29(16-23)40(4)5)8-10-43(27)30(21(25)2)22(3)42-13-11-41(12-14-42)19-33(34,35)36/h7-10,15-17,22H,11-14,18-19H2,1-6H3,(H,38,44)(H,39,45)/t22-/m1/s1. The SMILES string of the molecule is COc1cc(C)[nH]c(=O)c1CNC(=O)c1cc2c(-c3ccnc(N(C)C)c3)ccn2c([C@@H](C)N2CCN(CC(F)(F)F)CC2)c1C. The largest absolute Gasteiger partial charge is 0.496 e. The van der Waals surface area contributed by atoms with E-state index in [-0.39, 0.29) is 24.1 Å². The van der Waals surface area contributed by atoms with Crippen LogP contribution in [0, 0.1) is 13.8 Å². The number of fused-ring (bicyclic) bond motifs is 1. The molecule has 1 saturated heterocycles. The van der Waals surface area contributed by atoms with E-state index < -0.39 is 12.7 Å². The van der Waals surface area contributed by atoms with Crippen molar-refractivity contribution < 1.29 is 22.7 Å². The molecular weight excluding hydrogens is 599 g/mol. The van der Waals surface area contributed by atoms with Crippen LogP contribution in [0.15, 0.2) is 47.5 Å². The van der Waals surface area contributed by atoms with E-state index in [0.29, 0.717) is 48.7 Å². The molecule has 4 aromatic heterocycles. The zero-order valence-corrected chi connectivity index (χ0v) is 27.0. The summed E-state index contributed by atoms with van der Waals surface area (Å²) in [5, 5.41) is 2.91. The second kappa shape index (κ2) is 13.2. The van der Waals surface area contributed by atoms with Gasteiger partial charge in [0.1, 0.15) is 11.6 Å². The minimum absolute atomic E-state index is 0.0429. The van der Waals surface area contributed by atoms with Gasteiger partial charge >= 0.3 is 6.18 Å². The summed E-state index contributed by atoms with van der Waals surface area (Å²) in [6.45, 7) is 6.18. The maximum atomic E-state index is 13.9. The number of halogens is 3. The molecule has 0 aliphatic carbocycles. The smallest absolute Gasteiger partial charge is 0.401 e. The van der Waals surface area contributed by atoms with Crippen LogP contribution in [0.3, 0.4) is 0 Å². The number of pyridine rings is 3. The van der Waals surface area contributed by atoms with E-state index in [0.717, 1.165) is 33.7 Å². The van der Waals surface area contributed by atoms with E-state index in [1.807, 2.05) is 63.3 Å². The van der Waals surface area contributed by atoms with Crippen molar-refractivity contribution in [3.05, 3.63) is 81.2 Å². The highest BCUT2D eigenvalue weighted by Crippen LogP contribution is 2.35. The third kappa shape index (κ3) is 6.90. The van der Waals surface area contributed by atoms with E-state index in [4.69, 9.17) is 4.74 Å². The number of alkyl halides is 3. The second-order valence-electron chi connectivity index (χ2n) is 12.0. The quantitative estimate of drug-likeness (QED) is 0.277. The van der Waals surface area contributed by atoms with Crippen LogP contribution in [0.2, 0.25) is 0 Å². The number of nitrogens with zero attached hydrogens (tertiary/aromatic N) is 5. The Balaban J connectivity index is 1.55. The first-order valence-electron chi connectivity index (χ1n) is 15.1. The van der Waals surface area contributed by atoms with Crippen LogP contribution < -0.4 is 20.5 Å². The fraction of sp³-hybridized carbons (Fsp3) is 0.424. The van der Waals surface area contributed by atoms with Crippen LogP contribution in [0.4, 0.5) is 19.0 Å². The van der Waals surface area contributed by atoms with Crippen LogP contribution in [-0.4, -0.2) is 90.2 Å². The number of methoxy groups -OCH3 is 1. The summed E-state index contributed by atoms with van der Waals surface area (Å²) >= 11 is 0. The zero-order valence-electron chi connectivity index (χ0n) is 27.0. The van der Waals surface area contributed by atoms with E-state index in [1.165, 1.54) is 12.0 Å². The Labute approximate surface area is 265 Å². The average molecular weight is 640 g/mol. The Morgan fingerprint density at radius 3 is 2.50 bits per heavy atom. The number of H-pyrrole nitrogens is 1. The number of carbonyl (C=O) groups is 1. The molecule has 0 spiro atoms. The van der Waals surface area contributed by atoms with Crippen LogP contribution in [0.5, 0.6) is 5.75 Å². The Morgan fingerprint density at radius 2 is 1.85 bits per heavy atom. The Morgan fingerprint density at radius 1 is 1.13 bits per heavy atom. The van der Waals surface area contributed by atoms with Gasteiger partial charge in [0.15, 0.2) is 0 Å². The molecule has 46 heavy (non-hydrogen) atoms. The van der Waals surface area contributed by atoms with Crippen molar-refractivity contribution in [1.82, 2.24) is 29.5 Å². The molecule has 4 aromatic rings. The number of aromatic amines is 1. The number of aromatic nitrogens is 3. The number of ether oxygens (including phenoxy) is 1. The lowest BCUT2D eigenvalue weighted by molar-refractivity contribution is -0.149. The molecule has 0 bridgehead atoms. The summed E-state index contributed by atoms with van der Waals surface area (Å²) in [5.74, 6) is 0.807. The van der Waals surface area contributed by atoms with Crippen LogP contribution in [0.1, 0.15) is 45.8 Å². The molecule has 246 valence electrons. The van der Waals surface area contributed by atoms with Gasteiger partial charge in [0.25, 0.3) is 11.5 Å². The molecule has 5 heterocycles. The topological polar surface area (TPSA) is 98.2 Å². The fourth-order valence-corrected chi connectivity index (χ4v) is 6.23. The van der Waals surface area contributed by atoms with Gasteiger partial charge in [0.05, 0.1) is 31.3 Å². The number of anilines is 1. The lowest BCUT2D eigenvalue weighted by Crippen LogP contribution is -2.49. The molecule has 1 amide bonds. The minimum Gasteiger partial charge on any atom is -0.496 e. The van der Waals surface area contributed by atoms with Gasteiger partial charge in [0.2, 0.25) is 0 Å². The first-order chi connectivity index (χ1) is 21.8. The molecule has 13 heteroatoms. The number of hydrogen-bond acceptors (Lipinski definition) is 7. The van der Waals surface area contributed by atoms with Gasteiger partial charge in [0, 0.05) is 81.2 Å². The van der Waals surface area contributed by atoms with Gasteiger partial charge in [-0.1, -0.05) is 0 Å². The third-order valence-corrected chi connectivity index (χ3v) is 8.64. The van der Waals surface area contributed by atoms with E-state index in [2.05, 4.69) is 24.6 Å². The summed E-state index contributed by atoms with van der Waals surface area (Å²) in [6.07, 6.45) is -0.531. The Kier molecular flexibility index (Phi) is 9.45. The van der Waals surface area contributed by atoms with E-state index >= 15 is 0 Å². The van der Waals surface area contributed by atoms with Gasteiger partial charge < -0.3 is 24.3 Å². The van der Waals surface area contributed by atoms with Gasteiger partial charge in [-0.25, -0.2) is 4.98 Å². The van der Waals surface area contributed by atoms with Crippen molar-refractivity contribution in [1.29, 1.82) is 0 Å². The molecule has 0 radical (unpaired) electrons. The van der Waals surface area contributed by atoms with E-state index in [1.54, 1.807) is 19.2 Å². The molecule has 1 atom stereocenters. The molecule has 0 unspecified atom stereocenters. The fourth-order valence-electron chi connectivity index (χ4n) is 6.23. The lowest BCUT2D eigenvalue weighted by atomic mass is 9.98. The Bertz CT molecular complexity index is 1790. The number of amides is 1. The summed E-state index contributed by atoms with van der Waals surface area (Å²) < 4.78 is 46.6. The molecule has 1 aliphatic heterocycles. The molecule has 1 fully saturated rings. The highest BCUT2D eigenvalue weighted by molar-refractivity contribution is 5.98. The number of rotatable bonds is 9. The summed E-state index contributed by atoms with van der Waals surface area (Å²) in [5.41, 5.74) is 5.28. The van der Waals surface area contributed by atoms with Crippen LogP contribution in [-0.2, 0) is 6.54 Å². The predicted molar refractivity (Wildman–Crippen MR) is 172 cm³/mol. The normalized spacial score (nSPS) is 15.2. The maximum absolute atomic E-state index is 13.9. The second-order valence-corrected chi connectivity index (χ2v) is 12.0. The molecule has 2 N–H and O–H groups in total. The van der Waals surface area contributed by atoms with Gasteiger partial charge in [-0.2, -0.15) is 13.2 Å². The molecule has 5 rings (SSSR count). The zero-order chi connectivity index (χ0) is 33.3. The van der Waals surface area contributed by atoms with Crippen molar-refractivity contribution in [2.24, 2.45) is 0 Å². The predicted octanol–water partition coefficient (Wildman–Crippen LogP) is 4.55. The van der Waals surface area contributed by atoms with Crippen molar-refractivity contribution in [2.75, 3.05) is 58.8 Å². The Hall–Kier alpha value is -4.36. The van der Waals surface area contributed by atoms with Crippen molar-refractivity contribution in [3.63, 3.8) is 0 Å². The lowest BCUT2D eigenvalue weighted by Gasteiger charge is -2.39. The number of hydrogen-bond donors (Lipinski definition) is 2. The third-order valence-electron chi connectivity index (χ3n) is 8.64. The molecule has 0 saturated carbocycles. The summed E-state index contributed by atoms with van der Waals surface area (Å²) in [6, 6.07) is 9.24. The number of aryl methyl sites for hydroxylation is 1. The summed E-state index contributed by atoms with van der Waals surface area (Å²) in [4.78, 5) is 39.3. The first kappa shape index (κ1) is 33.0. The minimum atomic E-state index is -4.24. The van der Waals surface area contributed by atoms with Crippen molar-refractivity contribution in [2.45, 2.75) is 39.5 Å². The summed E-state index contributed by atoms with van der Waals surface area (Å²) in [7, 11) is 5.31. The van der Waals surface area contributed by atoms with Crippen LogP contribution >= 0.6 is 0 Å². The number of nitrogens with one attached hydrogen (secondary N) is 2.